The quantitative estimate of drug-likeness (QED) is 0.835. The predicted octanol–water partition coefficient (Wildman–Crippen LogP) is 3.62. The SMILES string of the molecule is CC(C)(C)OC(=O)N1C[C@@H](COCc2ccccc2)OCC2(CC2)C1. The van der Waals surface area contributed by atoms with E-state index in [2.05, 4.69) is 0 Å². The van der Waals surface area contributed by atoms with Crippen LogP contribution in [0.1, 0.15) is 39.2 Å². The number of carbonyl (C=O) groups is 1. The molecule has 1 heterocycles. The summed E-state index contributed by atoms with van der Waals surface area (Å²) < 4.78 is 17.4. The van der Waals surface area contributed by atoms with Gasteiger partial charge < -0.3 is 19.1 Å². The Morgan fingerprint density at radius 3 is 2.64 bits per heavy atom. The molecule has 0 unspecified atom stereocenters. The zero-order valence-corrected chi connectivity index (χ0v) is 15.5. The third-order valence-corrected chi connectivity index (χ3v) is 4.60. The Labute approximate surface area is 150 Å². The van der Waals surface area contributed by atoms with Crippen molar-refractivity contribution in [2.75, 3.05) is 26.3 Å². The Bertz CT molecular complexity index is 577. The molecule has 1 aromatic rings. The number of carbonyl (C=O) groups excluding carboxylic acids is 1. The number of nitrogens with zero attached hydrogens (tertiary/aromatic N) is 1. The summed E-state index contributed by atoms with van der Waals surface area (Å²) in [5, 5.41) is 0. The lowest BCUT2D eigenvalue weighted by atomic mass is 10.1. The van der Waals surface area contributed by atoms with Gasteiger partial charge in [-0.1, -0.05) is 30.3 Å². The lowest BCUT2D eigenvalue weighted by Crippen LogP contribution is -2.42. The molecule has 3 rings (SSSR count). The molecule has 1 spiro atoms. The number of hydrogen-bond donors (Lipinski definition) is 0. The van der Waals surface area contributed by atoms with E-state index in [1.54, 1.807) is 0 Å². The topological polar surface area (TPSA) is 48.0 Å². The van der Waals surface area contributed by atoms with Crippen molar-refractivity contribution in [3.05, 3.63) is 35.9 Å². The molecule has 0 radical (unpaired) electrons. The van der Waals surface area contributed by atoms with Crippen LogP contribution in [-0.2, 0) is 20.8 Å². The molecule has 1 saturated carbocycles. The molecule has 25 heavy (non-hydrogen) atoms. The van der Waals surface area contributed by atoms with E-state index in [4.69, 9.17) is 14.2 Å². The fourth-order valence-electron chi connectivity index (χ4n) is 3.04. The molecule has 2 aliphatic rings. The molecular formula is C20H29NO4. The number of ether oxygens (including phenoxy) is 3. The summed E-state index contributed by atoms with van der Waals surface area (Å²) in [6.07, 6.45) is 1.86. The molecule has 1 amide bonds. The van der Waals surface area contributed by atoms with Gasteiger partial charge in [-0.25, -0.2) is 4.79 Å². The second-order valence-electron chi connectivity index (χ2n) is 8.29. The fraction of sp³-hybridized carbons (Fsp3) is 0.650. The van der Waals surface area contributed by atoms with Gasteiger partial charge in [0.05, 0.1) is 32.5 Å². The van der Waals surface area contributed by atoms with Gasteiger partial charge in [-0.05, 0) is 39.2 Å². The van der Waals surface area contributed by atoms with Crippen LogP contribution in [0.4, 0.5) is 4.79 Å². The van der Waals surface area contributed by atoms with Crippen LogP contribution in [-0.4, -0.2) is 49.0 Å². The van der Waals surface area contributed by atoms with E-state index >= 15 is 0 Å². The lowest BCUT2D eigenvalue weighted by molar-refractivity contribution is -0.0311. The van der Waals surface area contributed by atoms with Crippen LogP contribution in [0, 0.1) is 5.41 Å². The van der Waals surface area contributed by atoms with Gasteiger partial charge in [0, 0.05) is 12.0 Å². The van der Waals surface area contributed by atoms with E-state index in [1.165, 1.54) is 0 Å². The van der Waals surface area contributed by atoms with Gasteiger partial charge in [-0.3, -0.25) is 0 Å². The maximum Gasteiger partial charge on any atom is 0.410 e. The summed E-state index contributed by atoms with van der Waals surface area (Å²) in [7, 11) is 0. The van der Waals surface area contributed by atoms with Gasteiger partial charge >= 0.3 is 6.09 Å². The van der Waals surface area contributed by atoms with Crippen molar-refractivity contribution in [3.63, 3.8) is 0 Å². The van der Waals surface area contributed by atoms with E-state index in [9.17, 15) is 4.79 Å². The van der Waals surface area contributed by atoms with Crippen molar-refractivity contribution in [1.29, 1.82) is 0 Å². The number of rotatable bonds is 4. The number of hydrogen-bond acceptors (Lipinski definition) is 4. The monoisotopic (exact) mass is 347 g/mol. The molecule has 1 saturated heterocycles. The molecule has 0 N–H and O–H groups in total. The first kappa shape index (κ1) is 18.2. The highest BCUT2D eigenvalue weighted by Gasteiger charge is 2.48. The van der Waals surface area contributed by atoms with Gasteiger partial charge in [-0.15, -0.1) is 0 Å². The lowest BCUT2D eigenvalue weighted by Gasteiger charge is -2.29. The van der Waals surface area contributed by atoms with E-state index in [1.807, 2.05) is 56.0 Å². The molecule has 1 aliphatic heterocycles. The zero-order valence-electron chi connectivity index (χ0n) is 15.5. The highest BCUT2D eigenvalue weighted by atomic mass is 16.6. The highest BCUT2D eigenvalue weighted by molar-refractivity contribution is 5.68. The summed E-state index contributed by atoms with van der Waals surface area (Å²) in [5.74, 6) is 0. The van der Waals surface area contributed by atoms with Crippen molar-refractivity contribution in [2.45, 2.75) is 51.9 Å². The molecule has 5 nitrogen and oxygen atoms in total. The maximum atomic E-state index is 12.5. The molecule has 5 heteroatoms. The minimum atomic E-state index is -0.486. The Morgan fingerprint density at radius 1 is 1.28 bits per heavy atom. The molecule has 0 aromatic heterocycles. The Balaban J connectivity index is 1.55. The van der Waals surface area contributed by atoms with Gasteiger partial charge in [0.25, 0.3) is 0 Å². The van der Waals surface area contributed by atoms with Gasteiger partial charge in [0.2, 0.25) is 0 Å². The minimum absolute atomic E-state index is 0.115. The van der Waals surface area contributed by atoms with Crippen LogP contribution >= 0.6 is 0 Å². The van der Waals surface area contributed by atoms with Gasteiger partial charge in [0.1, 0.15) is 5.60 Å². The molecule has 0 bridgehead atoms. The van der Waals surface area contributed by atoms with Crippen LogP contribution in [0.25, 0.3) is 0 Å². The Hall–Kier alpha value is -1.59. The summed E-state index contributed by atoms with van der Waals surface area (Å²) >= 11 is 0. The van der Waals surface area contributed by atoms with Gasteiger partial charge in [0.15, 0.2) is 0 Å². The zero-order chi connectivity index (χ0) is 17.9. The predicted molar refractivity (Wildman–Crippen MR) is 95.3 cm³/mol. The van der Waals surface area contributed by atoms with Crippen molar-refractivity contribution < 1.29 is 19.0 Å². The second kappa shape index (κ2) is 7.34. The van der Waals surface area contributed by atoms with Crippen LogP contribution in [0.5, 0.6) is 0 Å². The number of amides is 1. The van der Waals surface area contributed by atoms with Crippen LogP contribution in [0.3, 0.4) is 0 Å². The third kappa shape index (κ3) is 5.44. The molecule has 1 aromatic carbocycles. The molecule has 1 aliphatic carbocycles. The molecule has 138 valence electrons. The largest absolute Gasteiger partial charge is 0.444 e. The smallest absolute Gasteiger partial charge is 0.410 e. The highest BCUT2D eigenvalue weighted by Crippen LogP contribution is 2.47. The molecular weight excluding hydrogens is 318 g/mol. The van der Waals surface area contributed by atoms with E-state index < -0.39 is 5.60 Å². The average molecular weight is 347 g/mol. The van der Waals surface area contributed by atoms with Crippen molar-refractivity contribution >= 4 is 6.09 Å². The van der Waals surface area contributed by atoms with Crippen molar-refractivity contribution in [2.24, 2.45) is 5.41 Å². The summed E-state index contributed by atoms with van der Waals surface area (Å²) in [5.41, 5.74) is 0.782. The first-order chi connectivity index (χ1) is 11.9. The maximum absolute atomic E-state index is 12.5. The van der Waals surface area contributed by atoms with Crippen LogP contribution in [0.2, 0.25) is 0 Å². The first-order valence-corrected chi connectivity index (χ1v) is 9.07. The third-order valence-electron chi connectivity index (χ3n) is 4.60. The normalized spacial score (nSPS) is 22.5. The van der Waals surface area contributed by atoms with E-state index in [-0.39, 0.29) is 17.6 Å². The summed E-state index contributed by atoms with van der Waals surface area (Å²) in [6.45, 7) is 8.66. The van der Waals surface area contributed by atoms with Crippen molar-refractivity contribution in [3.8, 4) is 0 Å². The Morgan fingerprint density at radius 2 is 2.00 bits per heavy atom. The van der Waals surface area contributed by atoms with Crippen LogP contribution in [0.15, 0.2) is 30.3 Å². The molecule has 2 fully saturated rings. The summed E-state index contributed by atoms with van der Waals surface area (Å²) in [6, 6.07) is 10.1. The molecule has 1 atom stereocenters. The summed E-state index contributed by atoms with van der Waals surface area (Å²) in [4.78, 5) is 14.3. The fourth-order valence-corrected chi connectivity index (χ4v) is 3.04. The van der Waals surface area contributed by atoms with E-state index in [0.29, 0.717) is 26.4 Å². The average Bonchev–Trinajstić information content (AvgIpc) is 3.33. The van der Waals surface area contributed by atoms with Crippen molar-refractivity contribution in [1.82, 2.24) is 4.90 Å². The number of benzene rings is 1. The minimum Gasteiger partial charge on any atom is -0.444 e. The second-order valence-corrected chi connectivity index (χ2v) is 8.29. The van der Waals surface area contributed by atoms with Gasteiger partial charge in [-0.2, -0.15) is 0 Å². The van der Waals surface area contributed by atoms with Crippen LogP contribution < -0.4 is 0 Å². The van der Waals surface area contributed by atoms with E-state index in [0.717, 1.165) is 24.9 Å². The first-order valence-electron chi connectivity index (χ1n) is 9.07. The standard InChI is InChI=1S/C20H29NO4/c1-19(2,3)25-18(22)21-11-17(24-15-20(14-21)9-10-20)13-23-12-16-7-5-4-6-8-16/h4-8,17H,9-15H2,1-3H3/t17-/m0/s1. The Kier molecular flexibility index (Phi) is 5.35.